The van der Waals surface area contributed by atoms with Gasteiger partial charge < -0.3 is 14.9 Å². The van der Waals surface area contributed by atoms with Crippen molar-refractivity contribution in [3.8, 4) is 0 Å². The number of carbonyl (C=O) groups is 2. The lowest BCUT2D eigenvalue weighted by Crippen LogP contribution is -2.48. The molecular formula is C12H18N2O3. The lowest BCUT2D eigenvalue weighted by atomic mass is 10.1. The van der Waals surface area contributed by atoms with Crippen LogP contribution in [-0.4, -0.2) is 52.6 Å². The molecule has 2 aliphatic rings. The van der Waals surface area contributed by atoms with Crippen molar-refractivity contribution in [3.63, 3.8) is 0 Å². The molecule has 2 bridgehead atoms. The van der Waals surface area contributed by atoms with Crippen LogP contribution in [0, 0.1) is 5.92 Å². The first kappa shape index (κ1) is 12.0. The molecule has 1 N–H and O–H groups in total. The van der Waals surface area contributed by atoms with Crippen LogP contribution in [0.4, 0.5) is 4.79 Å². The fourth-order valence-corrected chi connectivity index (χ4v) is 2.87. The van der Waals surface area contributed by atoms with Crippen molar-refractivity contribution in [2.75, 3.05) is 19.6 Å². The Bertz CT molecular complexity index is 343. The first-order valence-electron chi connectivity index (χ1n) is 6.00. The number of fused-ring (bicyclic) bond motifs is 2. The molecule has 5 nitrogen and oxygen atoms in total. The standard InChI is InChI=1S/C12H18N2O3/c1-2-5-13(8-11(15)16)12(17)14-7-9-3-4-10(14)6-9/h2,9-10H,1,3-8H2,(H,15,16). The molecule has 1 heterocycles. The number of rotatable bonds is 4. The largest absolute Gasteiger partial charge is 0.480 e. The highest BCUT2D eigenvalue weighted by Gasteiger charge is 2.41. The van der Waals surface area contributed by atoms with Crippen molar-refractivity contribution < 1.29 is 14.7 Å². The molecule has 0 aromatic heterocycles. The van der Waals surface area contributed by atoms with Crippen molar-refractivity contribution in [2.45, 2.75) is 25.3 Å². The SMILES string of the molecule is C=CCN(CC(=O)O)C(=O)N1CC2CCC1C2. The Morgan fingerprint density at radius 3 is 2.71 bits per heavy atom. The van der Waals surface area contributed by atoms with Gasteiger partial charge in [-0.2, -0.15) is 0 Å². The number of hydrogen-bond donors (Lipinski definition) is 1. The Morgan fingerprint density at radius 2 is 2.24 bits per heavy atom. The second-order valence-electron chi connectivity index (χ2n) is 4.83. The summed E-state index contributed by atoms with van der Waals surface area (Å²) in [7, 11) is 0. The summed E-state index contributed by atoms with van der Waals surface area (Å²) in [5.41, 5.74) is 0. The zero-order chi connectivity index (χ0) is 12.4. The molecule has 0 spiro atoms. The van der Waals surface area contributed by atoms with Crippen LogP contribution in [0.3, 0.4) is 0 Å². The summed E-state index contributed by atoms with van der Waals surface area (Å²) in [5, 5.41) is 8.79. The first-order valence-corrected chi connectivity index (χ1v) is 6.00. The summed E-state index contributed by atoms with van der Waals surface area (Å²) in [4.78, 5) is 26.1. The topological polar surface area (TPSA) is 60.9 Å². The Labute approximate surface area is 101 Å². The number of hydrogen-bond acceptors (Lipinski definition) is 2. The Balaban J connectivity index is 2.00. The van der Waals surface area contributed by atoms with Gasteiger partial charge in [-0.15, -0.1) is 6.58 Å². The van der Waals surface area contributed by atoms with E-state index in [0.717, 1.165) is 19.4 Å². The van der Waals surface area contributed by atoms with Gasteiger partial charge in [0.15, 0.2) is 0 Å². The molecule has 0 radical (unpaired) electrons. The highest BCUT2D eigenvalue weighted by molar-refractivity contribution is 5.80. The number of likely N-dealkylation sites (tertiary alicyclic amines) is 1. The molecule has 2 atom stereocenters. The number of carboxylic acid groups (broad SMARTS) is 1. The molecule has 5 heteroatoms. The highest BCUT2D eigenvalue weighted by atomic mass is 16.4. The van der Waals surface area contributed by atoms with Crippen LogP contribution in [0.15, 0.2) is 12.7 Å². The molecule has 17 heavy (non-hydrogen) atoms. The van der Waals surface area contributed by atoms with E-state index in [1.54, 1.807) is 6.08 Å². The summed E-state index contributed by atoms with van der Waals surface area (Å²) < 4.78 is 0. The fourth-order valence-electron chi connectivity index (χ4n) is 2.87. The van der Waals surface area contributed by atoms with E-state index in [2.05, 4.69) is 6.58 Å². The van der Waals surface area contributed by atoms with Gasteiger partial charge in [0.1, 0.15) is 6.54 Å². The molecule has 0 aromatic carbocycles. The van der Waals surface area contributed by atoms with E-state index >= 15 is 0 Å². The zero-order valence-electron chi connectivity index (χ0n) is 9.84. The number of urea groups is 1. The van der Waals surface area contributed by atoms with Crippen LogP contribution in [0.5, 0.6) is 0 Å². The van der Waals surface area contributed by atoms with Crippen molar-refractivity contribution >= 4 is 12.0 Å². The van der Waals surface area contributed by atoms with E-state index < -0.39 is 5.97 Å². The second kappa shape index (κ2) is 4.77. The lowest BCUT2D eigenvalue weighted by molar-refractivity contribution is -0.137. The molecule has 94 valence electrons. The Morgan fingerprint density at radius 1 is 1.47 bits per heavy atom. The quantitative estimate of drug-likeness (QED) is 0.748. The van der Waals surface area contributed by atoms with Crippen LogP contribution in [-0.2, 0) is 4.79 Å². The van der Waals surface area contributed by atoms with Gasteiger partial charge in [0.05, 0.1) is 0 Å². The molecule has 2 unspecified atom stereocenters. The van der Waals surface area contributed by atoms with E-state index in [9.17, 15) is 9.59 Å². The third kappa shape index (κ3) is 2.43. The van der Waals surface area contributed by atoms with Crippen LogP contribution < -0.4 is 0 Å². The number of aliphatic carboxylic acids is 1. The monoisotopic (exact) mass is 238 g/mol. The van der Waals surface area contributed by atoms with Gasteiger partial charge >= 0.3 is 12.0 Å². The van der Waals surface area contributed by atoms with Crippen LogP contribution in [0.1, 0.15) is 19.3 Å². The normalized spacial score (nSPS) is 26.0. The molecular weight excluding hydrogens is 220 g/mol. The van der Waals surface area contributed by atoms with Crippen molar-refractivity contribution in [1.82, 2.24) is 9.80 Å². The van der Waals surface area contributed by atoms with Crippen molar-refractivity contribution in [1.29, 1.82) is 0 Å². The van der Waals surface area contributed by atoms with Crippen molar-refractivity contribution in [2.24, 2.45) is 5.92 Å². The summed E-state index contributed by atoms with van der Waals surface area (Å²) >= 11 is 0. The van der Waals surface area contributed by atoms with Gasteiger partial charge in [-0.3, -0.25) is 4.79 Å². The third-order valence-electron chi connectivity index (χ3n) is 3.60. The van der Waals surface area contributed by atoms with Gasteiger partial charge in [-0.05, 0) is 25.2 Å². The minimum atomic E-state index is -0.982. The van der Waals surface area contributed by atoms with Gasteiger partial charge in [0, 0.05) is 19.1 Å². The van der Waals surface area contributed by atoms with Crippen molar-refractivity contribution in [3.05, 3.63) is 12.7 Å². The lowest BCUT2D eigenvalue weighted by Gasteiger charge is -2.32. The average Bonchev–Trinajstić information content (AvgIpc) is 2.88. The molecule has 1 aliphatic carbocycles. The predicted octanol–water partition coefficient (Wildman–Crippen LogP) is 1.16. The summed E-state index contributed by atoms with van der Waals surface area (Å²) in [6.45, 7) is 4.39. The molecule has 1 aliphatic heterocycles. The zero-order valence-corrected chi connectivity index (χ0v) is 9.84. The summed E-state index contributed by atoms with van der Waals surface area (Å²) in [6.07, 6.45) is 4.91. The summed E-state index contributed by atoms with van der Waals surface area (Å²) in [5.74, 6) is -0.357. The maximum Gasteiger partial charge on any atom is 0.323 e. The number of nitrogens with zero attached hydrogens (tertiary/aromatic N) is 2. The molecule has 1 saturated heterocycles. The van der Waals surface area contributed by atoms with Gasteiger partial charge in [0.25, 0.3) is 0 Å². The van der Waals surface area contributed by atoms with Gasteiger partial charge in [0.2, 0.25) is 0 Å². The van der Waals surface area contributed by atoms with E-state index in [-0.39, 0.29) is 12.6 Å². The first-order chi connectivity index (χ1) is 8.11. The van der Waals surface area contributed by atoms with E-state index in [4.69, 9.17) is 5.11 Å². The van der Waals surface area contributed by atoms with Gasteiger partial charge in [-0.25, -0.2) is 4.79 Å². The number of amides is 2. The highest BCUT2D eigenvalue weighted by Crippen LogP contribution is 2.37. The minimum Gasteiger partial charge on any atom is -0.480 e. The van der Waals surface area contributed by atoms with Crippen LogP contribution in [0.25, 0.3) is 0 Å². The van der Waals surface area contributed by atoms with E-state index in [1.165, 1.54) is 11.3 Å². The maximum atomic E-state index is 12.2. The number of carboxylic acids is 1. The number of carbonyl (C=O) groups excluding carboxylic acids is 1. The molecule has 2 fully saturated rings. The van der Waals surface area contributed by atoms with E-state index in [1.807, 2.05) is 4.90 Å². The smallest absolute Gasteiger partial charge is 0.323 e. The third-order valence-corrected chi connectivity index (χ3v) is 3.60. The van der Waals surface area contributed by atoms with Crippen LogP contribution in [0.2, 0.25) is 0 Å². The number of piperidine rings is 1. The maximum absolute atomic E-state index is 12.2. The molecule has 1 saturated carbocycles. The van der Waals surface area contributed by atoms with E-state index in [0.29, 0.717) is 18.5 Å². The van der Waals surface area contributed by atoms with Crippen LogP contribution >= 0.6 is 0 Å². The second-order valence-corrected chi connectivity index (χ2v) is 4.83. The predicted molar refractivity (Wildman–Crippen MR) is 62.6 cm³/mol. The molecule has 0 aromatic rings. The average molecular weight is 238 g/mol. The minimum absolute atomic E-state index is 0.153. The Hall–Kier alpha value is -1.52. The molecule has 2 amide bonds. The summed E-state index contributed by atoms with van der Waals surface area (Å²) in [6, 6.07) is 0.174. The fraction of sp³-hybridized carbons (Fsp3) is 0.667. The van der Waals surface area contributed by atoms with Gasteiger partial charge in [-0.1, -0.05) is 6.08 Å². The molecule has 2 rings (SSSR count). The Kier molecular flexibility index (Phi) is 3.36.